The van der Waals surface area contributed by atoms with Crippen LogP contribution in [0.3, 0.4) is 0 Å². The summed E-state index contributed by atoms with van der Waals surface area (Å²) in [6.45, 7) is 3.50. The monoisotopic (exact) mass is 280 g/mol. The fraction of sp³-hybridized carbons (Fsp3) is 0.500. The molecule has 1 fully saturated rings. The average molecular weight is 280 g/mol. The van der Waals surface area contributed by atoms with Gasteiger partial charge in [-0.1, -0.05) is 0 Å². The molecule has 0 unspecified atom stereocenters. The number of rotatable bonds is 2. The topological polar surface area (TPSA) is 82.6 Å². The molecule has 1 aliphatic heterocycles. The van der Waals surface area contributed by atoms with Crippen molar-refractivity contribution in [3.8, 4) is 6.07 Å². The molecule has 0 aliphatic carbocycles. The first-order valence-electron chi connectivity index (χ1n) is 5.92. The van der Waals surface area contributed by atoms with E-state index in [1.165, 1.54) is 18.4 Å². The lowest BCUT2D eigenvalue weighted by Gasteiger charge is -2.33. The highest BCUT2D eigenvalue weighted by Gasteiger charge is 2.26. The fourth-order valence-electron chi connectivity index (χ4n) is 2.02. The summed E-state index contributed by atoms with van der Waals surface area (Å²) in [5.74, 6) is -0.487. The smallest absolute Gasteiger partial charge is 0.350 e. The van der Waals surface area contributed by atoms with Crippen LogP contribution >= 0.6 is 11.3 Å². The Morgan fingerprint density at radius 2 is 2.05 bits per heavy atom. The molecular weight excluding hydrogens is 264 g/mol. The van der Waals surface area contributed by atoms with Crippen LogP contribution in [0.25, 0.3) is 0 Å². The number of ether oxygens (including phenoxy) is 1. The molecule has 0 amide bonds. The van der Waals surface area contributed by atoms with Gasteiger partial charge in [0.15, 0.2) is 0 Å². The maximum Gasteiger partial charge on any atom is 0.350 e. The van der Waals surface area contributed by atoms with Crippen molar-refractivity contribution in [2.45, 2.75) is 0 Å². The van der Waals surface area contributed by atoms with Crippen LogP contribution in [0.1, 0.15) is 15.2 Å². The summed E-state index contributed by atoms with van der Waals surface area (Å²) in [5.41, 5.74) is 6.49. The van der Waals surface area contributed by atoms with E-state index in [-0.39, 0.29) is 5.69 Å². The van der Waals surface area contributed by atoms with E-state index in [2.05, 4.69) is 27.7 Å². The summed E-state index contributed by atoms with van der Waals surface area (Å²) < 4.78 is 4.69. The minimum atomic E-state index is -0.487. The highest BCUT2D eigenvalue weighted by atomic mass is 32.1. The van der Waals surface area contributed by atoms with Gasteiger partial charge < -0.3 is 20.3 Å². The summed E-state index contributed by atoms with van der Waals surface area (Å²) in [6, 6.07) is 2.09. The zero-order chi connectivity index (χ0) is 14.0. The van der Waals surface area contributed by atoms with E-state index < -0.39 is 5.97 Å². The SMILES string of the molecule is COC(=O)c1sc(N2CCN(C)CC2)c(C#N)c1N. The van der Waals surface area contributed by atoms with Gasteiger partial charge in [-0.25, -0.2) is 4.79 Å². The molecule has 19 heavy (non-hydrogen) atoms. The second-order valence-electron chi connectivity index (χ2n) is 4.42. The van der Waals surface area contributed by atoms with Gasteiger partial charge in [0.25, 0.3) is 0 Å². The number of carbonyl (C=O) groups is 1. The standard InChI is InChI=1S/C12H16N4O2S/c1-15-3-5-16(6-4-15)11-8(7-13)9(14)10(19-11)12(17)18-2/h3-6,14H2,1-2H3. The Labute approximate surface area is 116 Å². The van der Waals surface area contributed by atoms with Gasteiger partial charge in [-0.05, 0) is 7.05 Å². The van der Waals surface area contributed by atoms with E-state index in [4.69, 9.17) is 5.73 Å². The molecule has 2 heterocycles. The first-order valence-corrected chi connectivity index (χ1v) is 6.74. The molecule has 102 valence electrons. The Hall–Kier alpha value is -1.78. The van der Waals surface area contributed by atoms with Gasteiger partial charge in [0.05, 0.1) is 12.8 Å². The number of esters is 1. The van der Waals surface area contributed by atoms with Crippen molar-refractivity contribution in [1.82, 2.24) is 4.90 Å². The maximum absolute atomic E-state index is 11.6. The molecular formula is C12H16N4O2S. The van der Waals surface area contributed by atoms with Crippen LogP contribution in [0, 0.1) is 11.3 Å². The van der Waals surface area contributed by atoms with Crippen molar-refractivity contribution in [3.05, 3.63) is 10.4 Å². The maximum atomic E-state index is 11.6. The van der Waals surface area contributed by atoms with E-state index >= 15 is 0 Å². The van der Waals surface area contributed by atoms with Crippen LogP contribution in [-0.4, -0.2) is 51.2 Å². The highest BCUT2D eigenvalue weighted by molar-refractivity contribution is 7.18. The van der Waals surface area contributed by atoms with Crippen LogP contribution in [0.5, 0.6) is 0 Å². The van der Waals surface area contributed by atoms with Crippen LogP contribution in [0.15, 0.2) is 0 Å². The quantitative estimate of drug-likeness (QED) is 0.805. The van der Waals surface area contributed by atoms with Crippen molar-refractivity contribution in [1.29, 1.82) is 5.26 Å². The van der Waals surface area contributed by atoms with Gasteiger partial charge in [-0.2, -0.15) is 5.26 Å². The highest BCUT2D eigenvalue weighted by Crippen LogP contribution is 2.38. The number of anilines is 2. The van der Waals surface area contributed by atoms with E-state index in [1.54, 1.807) is 0 Å². The van der Waals surface area contributed by atoms with E-state index in [9.17, 15) is 10.1 Å². The molecule has 2 N–H and O–H groups in total. The number of nitrogen functional groups attached to an aromatic ring is 1. The number of hydrogen-bond acceptors (Lipinski definition) is 7. The number of nitriles is 1. The molecule has 2 rings (SSSR count). The van der Waals surface area contributed by atoms with Crippen molar-refractivity contribution in [2.24, 2.45) is 0 Å². The largest absolute Gasteiger partial charge is 0.465 e. The number of carbonyl (C=O) groups excluding carboxylic acids is 1. The Kier molecular flexibility index (Phi) is 3.93. The van der Waals surface area contributed by atoms with Crippen molar-refractivity contribution < 1.29 is 9.53 Å². The van der Waals surface area contributed by atoms with Crippen LogP contribution in [0.4, 0.5) is 10.7 Å². The number of piperazine rings is 1. The lowest BCUT2D eigenvalue weighted by Crippen LogP contribution is -2.44. The Morgan fingerprint density at radius 1 is 1.42 bits per heavy atom. The molecule has 1 aliphatic rings. The third-order valence-electron chi connectivity index (χ3n) is 3.20. The Morgan fingerprint density at radius 3 is 2.58 bits per heavy atom. The molecule has 0 atom stereocenters. The number of likely N-dealkylation sites (N-methyl/N-ethyl adjacent to an activating group) is 1. The van der Waals surface area contributed by atoms with E-state index in [0.717, 1.165) is 31.2 Å². The summed E-state index contributed by atoms with van der Waals surface area (Å²) >= 11 is 1.24. The lowest BCUT2D eigenvalue weighted by atomic mass is 10.2. The van der Waals surface area contributed by atoms with Crippen molar-refractivity contribution in [2.75, 3.05) is 51.0 Å². The van der Waals surface area contributed by atoms with Gasteiger partial charge in [-0.15, -0.1) is 11.3 Å². The summed E-state index contributed by atoms with van der Waals surface area (Å²) in [6.07, 6.45) is 0. The zero-order valence-electron chi connectivity index (χ0n) is 11.0. The molecule has 1 aromatic rings. The number of methoxy groups -OCH3 is 1. The van der Waals surface area contributed by atoms with E-state index in [1.807, 2.05) is 0 Å². The third-order valence-corrected chi connectivity index (χ3v) is 4.45. The number of nitrogens with two attached hydrogens (primary N) is 1. The van der Waals surface area contributed by atoms with Crippen molar-refractivity contribution >= 4 is 28.0 Å². The molecule has 1 aromatic heterocycles. The molecule has 1 saturated heterocycles. The van der Waals surface area contributed by atoms with Gasteiger partial charge in [0.2, 0.25) is 0 Å². The van der Waals surface area contributed by atoms with Crippen molar-refractivity contribution in [3.63, 3.8) is 0 Å². The van der Waals surface area contributed by atoms with Crippen LogP contribution < -0.4 is 10.6 Å². The number of nitrogens with zero attached hydrogens (tertiary/aromatic N) is 3. The summed E-state index contributed by atoms with van der Waals surface area (Å²) in [7, 11) is 3.37. The van der Waals surface area contributed by atoms with Crippen LogP contribution in [-0.2, 0) is 4.74 Å². The molecule has 0 spiro atoms. The molecule has 0 aromatic carbocycles. The lowest BCUT2D eigenvalue weighted by molar-refractivity contribution is 0.0607. The molecule has 0 bridgehead atoms. The molecule has 6 nitrogen and oxygen atoms in total. The van der Waals surface area contributed by atoms with Gasteiger partial charge in [-0.3, -0.25) is 0 Å². The molecule has 7 heteroatoms. The third kappa shape index (κ3) is 2.50. The first-order chi connectivity index (χ1) is 9.08. The second-order valence-corrected chi connectivity index (χ2v) is 5.42. The predicted molar refractivity (Wildman–Crippen MR) is 74.5 cm³/mol. The fourth-order valence-corrected chi connectivity index (χ4v) is 3.16. The zero-order valence-corrected chi connectivity index (χ0v) is 11.8. The van der Waals surface area contributed by atoms with E-state index in [0.29, 0.717) is 10.4 Å². The second kappa shape index (κ2) is 5.47. The van der Waals surface area contributed by atoms with Gasteiger partial charge in [0, 0.05) is 26.2 Å². The Balaban J connectivity index is 2.35. The number of thiophene rings is 1. The first kappa shape index (κ1) is 13.6. The summed E-state index contributed by atoms with van der Waals surface area (Å²) in [5, 5.41) is 10.0. The number of hydrogen-bond donors (Lipinski definition) is 1. The Bertz CT molecular complexity index is 527. The van der Waals surface area contributed by atoms with Crippen LogP contribution in [0.2, 0.25) is 0 Å². The predicted octanol–water partition coefficient (Wildman–Crippen LogP) is 0.740. The molecule has 0 radical (unpaired) electrons. The van der Waals surface area contributed by atoms with Gasteiger partial charge >= 0.3 is 5.97 Å². The average Bonchev–Trinajstić information content (AvgIpc) is 2.75. The normalized spacial score (nSPS) is 16.2. The summed E-state index contributed by atoms with van der Waals surface area (Å²) in [4.78, 5) is 16.3. The molecule has 0 saturated carbocycles. The van der Waals surface area contributed by atoms with Gasteiger partial charge in [0.1, 0.15) is 21.5 Å². The minimum absolute atomic E-state index is 0.230. The minimum Gasteiger partial charge on any atom is -0.465 e.